The Morgan fingerprint density at radius 1 is 1.16 bits per heavy atom. The zero-order valence-electron chi connectivity index (χ0n) is 18.9. The summed E-state index contributed by atoms with van der Waals surface area (Å²) >= 11 is 0. The van der Waals surface area contributed by atoms with Crippen molar-refractivity contribution in [2.45, 2.75) is 13.0 Å². The predicted octanol–water partition coefficient (Wildman–Crippen LogP) is 2.31. The van der Waals surface area contributed by atoms with Crippen LogP contribution in [-0.4, -0.2) is 87.0 Å². The smallest absolute Gasteiger partial charge is 0.289 e. The van der Waals surface area contributed by atoms with Crippen LogP contribution >= 0.6 is 0 Å². The summed E-state index contributed by atoms with van der Waals surface area (Å²) in [6, 6.07) is 11.6. The summed E-state index contributed by atoms with van der Waals surface area (Å²) < 4.78 is 10.8. The molecule has 0 spiro atoms. The lowest BCUT2D eigenvalue weighted by molar-refractivity contribution is 0.0657. The van der Waals surface area contributed by atoms with Crippen molar-refractivity contribution in [3.05, 3.63) is 54.0 Å². The molecule has 1 amide bonds. The number of nitrogens with one attached hydrogen (secondary N) is 1. The van der Waals surface area contributed by atoms with Gasteiger partial charge in [-0.25, -0.2) is 0 Å². The standard InChI is InChI=1S/C23H33N5O3/c1-5-24-23(25-17-19(26(2)3)18-9-6-7-10-20(18)30-4)28-14-12-27(13-15-28)22(29)21-11-8-16-31-21/h6-11,16,19H,5,12-15,17H2,1-4H3,(H,24,25). The summed E-state index contributed by atoms with van der Waals surface area (Å²) in [5.41, 5.74) is 1.11. The number of rotatable bonds is 7. The maximum absolute atomic E-state index is 12.5. The Kier molecular flexibility index (Phi) is 7.94. The second kappa shape index (κ2) is 10.9. The number of ether oxygens (including phenoxy) is 1. The topological polar surface area (TPSA) is 73.6 Å². The molecule has 8 heteroatoms. The van der Waals surface area contributed by atoms with E-state index in [-0.39, 0.29) is 11.9 Å². The molecule has 0 radical (unpaired) electrons. The molecule has 1 unspecified atom stereocenters. The molecule has 3 rings (SSSR count). The van der Waals surface area contributed by atoms with Gasteiger partial charge in [0, 0.05) is 38.3 Å². The number of methoxy groups -OCH3 is 1. The Bertz CT molecular complexity index is 858. The average Bonchev–Trinajstić information content (AvgIpc) is 3.33. The van der Waals surface area contributed by atoms with Gasteiger partial charge in [-0.3, -0.25) is 9.79 Å². The lowest BCUT2D eigenvalue weighted by Crippen LogP contribution is -2.53. The summed E-state index contributed by atoms with van der Waals surface area (Å²) in [5, 5.41) is 3.40. The van der Waals surface area contributed by atoms with Gasteiger partial charge in [0.25, 0.3) is 5.91 Å². The first-order valence-electron chi connectivity index (χ1n) is 10.7. The van der Waals surface area contributed by atoms with E-state index in [9.17, 15) is 4.79 Å². The largest absolute Gasteiger partial charge is 0.496 e. The molecule has 1 saturated heterocycles. The molecule has 0 aliphatic carbocycles. The maximum Gasteiger partial charge on any atom is 0.289 e. The van der Waals surface area contributed by atoms with E-state index in [2.05, 4.69) is 42.2 Å². The lowest BCUT2D eigenvalue weighted by Gasteiger charge is -2.36. The molecule has 1 aromatic heterocycles. The van der Waals surface area contributed by atoms with Crippen LogP contribution in [0.2, 0.25) is 0 Å². The highest BCUT2D eigenvalue weighted by Gasteiger charge is 2.26. The third-order valence-corrected chi connectivity index (χ3v) is 5.47. The SMILES string of the molecule is CCNC(=NCC(c1ccccc1OC)N(C)C)N1CCN(C(=O)c2ccco2)CC1. The molecular weight excluding hydrogens is 394 g/mol. The molecule has 31 heavy (non-hydrogen) atoms. The number of benzene rings is 1. The van der Waals surface area contributed by atoms with Crippen LogP contribution in [0.15, 0.2) is 52.1 Å². The lowest BCUT2D eigenvalue weighted by atomic mass is 10.0. The van der Waals surface area contributed by atoms with Gasteiger partial charge in [-0.2, -0.15) is 0 Å². The van der Waals surface area contributed by atoms with Gasteiger partial charge in [-0.05, 0) is 39.2 Å². The number of para-hydroxylation sites is 1. The number of aliphatic imine (C=N–C) groups is 1. The molecule has 1 N–H and O–H groups in total. The second-order valence-corrected chi connectivity index (χ2v) is 7.67. The molecule has 2 heterocycles. The van der Waals surface area contributed by atoms with Crippen molar-refractivity contribution >= 4 is 11.9 Å². The zero-order valence-corrected chi connectivity index (χ0v) is 18.9. The van der Waals surface area contributed by atoms with E-state index in [1.165, 1.54) is 6.26 Å². The summed E-state index contributed by atoms with van der Waals surface area (Å²) in [6.45, 7) is 6.16. The number of amides is 1. The van der Waals surface area contributed by atoms with Gasteiger partial charge < -0.3 is 29.2 Å². The molecule has 2 aromatic rings. The fraction of sp³-hybridized carbons (Fsp3) is 0.478. The Labute approximate surface area is 184 Å². The summed E-state index contributed by atoms with van der Waals surface area (Å²) in [6.07, 6.45) is 1.53. The Hall–Kier alpha value is -3.00. The van der Waals surface area contributed by atoms with Crippen molar-refractivity contribution in [3.8, 4) is 5.75 Å². The maximum atomic E-state index is 12.5. The first-order valence-corrected chi connectivity index (χ1v) is 10.7. The number of furan rings is 1. The van der Waals surface area contributed by atoms with E-state index in [0.29, 0.717) is 25.4 Å². The number of nitrogens with zero attached hydrogens (tertiary/aromatic N) is 4. The predicted molar refractivity (Wildman–Crippen MR) is 122 cm³/mol. The van der Waals surface area contributed by atoms with Crippen molar-refractivity contribution in [2.75, 3.05) is 60.5 Å². The highest BCUT2D eigenvalue weighted by Crippen LogP contribution is 2.28. The molecular formula is C23H33N5O3. The second-order valence-electron chi connectivity index (χ2n) is 7.67. The number of likely N-dealkylation sites (N-methyl/N-ethyl adjacent to an activating group) is 1. The highest BCUT2D eigenvalue weighted by atomic mass is 16.5. The fourth-order valence-electron chi connectivity index (χ4n) is 3.76. The van der Waals surface area contributed by atoms with Crippen LogP contribution < -0.4 is 10.1 Å². The minimum Gasteiger partial charge on any atom is -0.496 e. The van der Waals surface area contributed by atoms with Crippen molar-refractivity contribution in [3.63, 3.8) is 0 Å². The van der Waals surface area contributed by atoms with E-state index in [4.69, 9.17) is 14.1 Å². The Balaban J connectivity index is 1.69. The van der Waals surface area contributed by atoms with Gasteiger partial charge in [0.05, 0.1) is 26.0 Å². The number of hydrogen-bond acceptors (Lipinski definition) is 5. The number of guanidine groups is 1. The third-order valence-electron chi connectivity index (χ3n) is 5.47. The van der Waals surface area contributed by atoms with Gasteiger partial charge in [0.2, 0.25) is 0 Å². The number of piperazine rings is 1. The Morgan fingerprint density at radius 3 is 2.48 bits per heavy atom. The quantitative estimate of drug-likeness (QED) is 0.540. The van der Waals surface area contributed by atoms with Gasteiger partial charge in [0.1, 0.15) is 5.75 Å². The Morgan fingerprint density at radius 2 is 1.87 bits per heavy atom. The fourth-order valence-corrected chi connectivity index (χ4v) is 3.76. The van der Waals surface area contributed by atoms with Gasteiger partial charge >= 0.3 is 0 Å². The molecule has 0 saturated carbocycles. The first kappa shape index (κ1) is 22.7. The number of hydrogen-bond donors (Lipinski definition) is 1. The van der Waals surface area contributed by atoms with Crippen molar-refractivity contribution in [1.82, 2.24) is 20.0 Å². The zero-order chi connectivity index (χ0) is 22.2. The van der Waals surface area contributed by atoms with Crippen LogP contribution in [0.5, 0.6) is 5.75 Å². The van der Waals surface area contributed by atoms with Crippen molar-refractivity contribution in [2.24, 2.45) is 4.99 Å². The monoisotopic (exact) mass is 427 g/mol. The minimum atomic E-state index is -0.0598. The van der Waals surface area contributed by atoms with Crippen LogP contribution in [0.4, 0.5) is 0 Å². The van der Waals surface area contributed by atoms with Gasteiger partial charge in [0.15, 0.2) is 11.7 Å². The molecule has 168 valence electrons. The highest BCUT2D eigenvalue weighted by molar-refractivity contribution is 5.91. The van der Waals surface area contributed by atoms with Crippen LogP contribution in [0.1, 0.15) is 29.1 Å². The third kappa shape index (κ3) is 5.58. The molecule has 0 bridgehead atoms. The van der Waals surface area contributed by atoms with E-state index >= 15 is 0 Å². The van der Waals surface area contributed by atoms with E-state index in [1.54, 1.807) is 19.2 Å². The minimum absolute atomic E-state index is 0.0598. The number of carbonyl (C=O) groups is 1. The van der Waals surface area contributed by atoms with E-state index in [1.807, 2.05) is 23.1 Å². The molecule has 1 aliphatic rings. The van der Waals surface area contributed by atoms with Gasteiger partial charge in [-0.15, -0.1) is 0 Å². The van der Waals surface area contributed by atoms with Crippen molar-refractivity contribution in [1.29, 1.82) is 0 Å². The first-order chi connectivity index (χ1) is 15.0. The van der Waals surface area contributed by atoms with E-state index in [0.717, 1.165) is 36.9 Å². The van der Waals surface area contributed by atoms with E-state index < -0.39 is 0 Å². The van der Waals surface area contributed by atoms with Crippen molar-refractivity contribution < 1.29 is 13.9 Å². The molecule has 1 fully saturated rings. The molecule has 1 aliphatic heterocycles. The van der Waals surface area contributed by atoms with Gasteiger partial charge in [-0.1, -0.05) is 18.2 Å². The van der Waals surface area contributed by atoms with Crippen LogP contribution in [-0.2, 0) is 0 Å². The number of carbonyl (C=O) groups excluding carboxylic acids is 1. The van der Waals surface area contributed by atoms with Crippen LogP contribution in [0.3, 0.4) is 0 Å². The molecule has 1 atom stereocenters. The summed E-state index contributed by atoms with van der Waals surface area (Å²) in [5.74, 6) is 2.07. The molecule has 8 nitrogen and oxygen atoms in total. The summed E-state index contributed by atoms with van der Waals surface area (Å²) in [4.78, 5) is 23.7. The average molecular weight is 428 g/mol. The molecule has 1 aromatic carbocycles. The van der Waals surface area contributed by atoms with Crippen LogP contribution in [0, 0.1) is 0 Å². The van der Waals surface area contributed by atoms with Crippen LogP contribution in [0.25, 0.3) is 0 Å². The summed E-state index contributed by atoms with van der Waals surface area (Å²) in [7, 11) is 5.81. The normalized spacial score (nSPS) is 15.8.